The summed E-state index contributed by atoms with van der Waals surface area (Å²) in [6.45, 7) is 3.80. The van der Waals surface area contributed by atoms with Crippen molar-refractivity contribution in [2.24, 2.45) is 5.92 Å². The van der Waals surface area contributed by atoms with Gasteiger partial charge in [0.15, 0.2) is 0 Å². The van der Waals surface area contributed by atoms with Crippen molar-refractivity contribution in [1.82, 2.24) is 15.3 Å². The molecule has 1 unspecified atom stereocenters. The van der Waals surface area contributed by atoms with Gasteiger partial charge in [-0.25, -0.2) is 9.97 Å². The molecule has 5 rings (SSSR count). The number of aryl methyl sites for hydroxylation is 1. The third-order valence-corrected chi connectivity index (χ3v) is 7.78. The Hall–Kier alpha value is -2.28. The fourth-order valence-electron chi connectivity index (χ4n) is 5.00. The van der Waals surface area contributed by atoms with Crippen LogP contribution in [-0.2, 0) is 11.2 Å². The number of hydrogen-bond donors (Lipinski definition) is 1. The summed E-state index contributed by atoms with van der Waals surface area (Å²) < 4.78 is 0. The number of hydrogen-bond acceptors (Lipinski definition) is 6. The lowest BCUT2D eigenvalue weighted by molar-refractivity contribution is -0.126. The first-order chi connectivity index (χ1) is 15.3. The minimum atomic E-state index is 0.0939. The van der Waals surface area contributed by atoms with Crippen LogP contribution in [0.25, 0.3) is 0 Å². The average Bonchev–Trinajstić information content (AvgIpc) is 2.85. The van der Waals surface area contributed by atoms with Crippen LogP contribution in [0, 0.1) is 5.92 Å². The molecule has 2 saturated heterocycles. The molecule has 1 aromatic heterocycles. The topological polar surface area (TPSA) is 61.4 Å². The number of anilines is 2. The van der Waals surface area contributed by atoms with E-state index >= 15 is 0 Å². The molecule has 7 heteroatoms. The highest BCUT2D eigenvalue weighted by molar-refractivity contribution is 7.99. The summed E-state index contributed by atoms with van der Waals surface area (Å²) in [5.74, 6) is 3.44. The second kappa shape index (κ2) is 9.47. The summed E-state index contributed by atoms with van der Waals surface area (Å²) >= 11 is 1.99. The fourth-order valence-corrected chi connectivity index (χ4v) is 5.90. The Morgan fingerprint density at radius 2 is 1.71 bits per heavy atom. The summed E-state index contributed by atoms with van der Waals surface area (Å²) in [6, 6.07) is 8.72. The molecule has 1 amide bonds. The van der Waals surface area contributed by atoms with Crippen LogP contribution in [0.4, 0.5) is 11.6 Å². The zero-order chi connectivity index (χ0) is 21.0. The molecule has 2 fully saturated rings. The van der Waals surface area contributed by atoms with Gasteiger partial charge < -0.3 is 15.1 Å². The maximum Gasteiger partial charge on any atom is 0.225 e. The summed E-state index contributed by atoms with van der Waals surface area (Å²) in [5.41, 5.74) is 3.76. The molecule has 3 heterocycles. The van der Waals surface area contributed by atoms with E-state index in [4.69, 9.17) is 0 Å². The highest BCUT2D eigenvalue weighted by Gasteiger charge is 2.29. The molecule has 164 valence electrons. The predicted octanol–water partition coefficient (Wildman–Crippen LogP) is 3.44. The fraction of sp³-hybridized carbons (Fsp3) is 0.542. The minimum absolute atomic E-state index is 0.0939. The van der Waals surface area contributed by atoms with E-state index < -0.39 is 0 Å². The smallest absolute Gasteiger partial charge is 0.225 e. The monoisotopic (exact) mass is 437 g/mol. The number of thioether (sulfide) groups is 1. The van der Waals surface area contributed by atoms with Crippen molar-refractivity contribution < 1.29 is 4.79 Å². The van der Waals surface area contributed by atoms with Gasteiger partial charge in [-0.2, -0.15) is 11.8 Å². The van der Waals surface area contributed by atoms with Crippen LogP contribution in [0.5, 0.6) is 0 Å². The van der Waals surface area contributed by atoms with Gasteiger partial charge in [-0.05, 0) is 43.2 Å². The van der Waals surface area contributed by atoms with E-state index in [-0.39, 0.29) is 17.9 Å². The molecule has 1 aromatic carbocycles. The van der Waals surface area contributed by atoms with Crippen LogP contribution in [0.1, 0.15) is 42.9 Å². The molecule has 31 heavy (non-hydrogen) atoms. The van der Waals surface area contributed by atoms with Gasteiger partial charge in [-0.15, -0.1) is 0 Å². The standard InChI is InChI=1S/C24H31N5OS/c30-23(27-22-7-3-5-18-4-1-2-6-21(18)22)19-8-10-28(11-9-19)20-16-25-24(26-17-20)29-12-14-31-15-13-29/h1-2,4,6,16-17,19,22H,3,5,7-15H2,(H,27,30). The maximum absolute atomic E-state index is 13.0. The Morgan fingerprint density at radius 3 is 2.48 bits per heavy atom. The normalized spacial score (nSPS) is 22.1. The van der Waals surface area contributed by atoms with Crippen molar-refractivity contribution in [2.75, 3.05) is 47.5 Å². The summed E-state index contributed by atoms with van der Waals surface area (Å²) in [5, 5.41) is 3.35. The maximum atomic E-state index is 13.0. The molecule has 0 saturated carbocycles. The van der Waals surface area contributed by atoms with Gasteiger partial charge in [0.05, 0.1) is 24.1 Å². The van der Waals surface area contributed by atoms with Crippen LogP contribution < -0.4 is 15.1 Å². The summed E-state index contributed by atoms with van der Waals surface area (Å²) in [7, 11) is 0. The van der Waals surface area contributed by atoms with E-state index in [1.807, 2.05) is 24.2 Å². The first-order valence-corrected chi connectivity index (χ1v) is 12.7. The Morgan fingerprint density at radius 1 is 0.968 bits per heavy atom. The number of benzene rings is 1. The van der Waals surface area contributed by atoms with Crippen LogP contribution >= 0.6 is 11.8 Å². The number of nitrogens with one attached hydrogen (secondary N) is 1. The molecule has 6 nitrogen and oxygen atoms in total. The number of nitrogens with zero attached hydrogens (tertiary/aromatic N) is 4. The molecule has 2 aromatic rings. The highest BCUT2D eigenvalue weighted by Crippen LogP contribution is 2.31. The van der Waals surface area contributed by atoms with Gasteiger partial charge >= 0.3 is 0 Å². The summed E-state index contributed by atoms with van der Waals surface area (Å²) in [4.78, 5) is 26.8. The van der Waals surface area contributed by atoms with Gasteiger partial charge in [0.2, 0.25) is 11.9 Å². The summed E-state index contributed by atoms with van der Waals surface area (Å²) in [6.07, 6.45) is 8.97. The third kappa shape index (κ3) is 4.66. The average molecular weight is 438 g/mol. The van der Waals surface area contributed by atoms with Crippen molar-refractivity contribution in [3.63, 3.8) is 0 Å². The molecule has 0 radical (unpaired) electrons. The lowest BCUT2D eigenvalue weighted by Gasteiger charge is -2.34. The van der Waals surface area contributed by atoms with E-state index in [0.29, 0.717) is 0 Å². The van der Waals surface area contributed by atoms with Crippen molar-refractivity contribution in [2.45, 2.75) is 38.1 Å². The first kappa shape index (κ1) is 20.6. The Labute approximate surface area is 188 Å². The van der Waals surface area contributed by atoms with Crippen molar-refractivity contribution in [1.29, 1.82) is 0 Å². The third-order valence-electron chi connectivity index (χ3n) is 6.84. The number of piperidine rings is 1. The number of aromatic nitrogens is 2. The number of fused-ring (bicyclic) bond motifs is 1. The molecule has 1 atom stereocenters. The number of carbonyl (C=O) groups excluding carboxylic acids is 1. The second-order valence-electron chi connectivity index (χ2n) is 8.75. The van der Waals surface area contributed by atoms with Crippen molar-refractivity contribution >= 4 is 29.3 Å². The molecule has 0 spiro atoms. The van der Waals surface area contributed by atoms with Gasteiger partial charge in [0.25, 0.3) is 0 Å². The lowest BCUT2D eigenvalue weighted by atomic mass is 9.87. The largest absolute Gasteiger partial charge is 0.369 e. The van der Waals surface area contributed by atoms with Crippen LogP contribution in [0.15, 0.2) is 36.7 Å². The molecule has 0 bridgehead atoms. The molecule has 1 aliphatic carbocycles. The SMILES string of the molecule is O=C(NC1CCCc2ccccc21)C1CCN(c2cnc(N3CCSCC3)nc2)CC1. The number of rotatable bonds is 4. The molecule has 1 N–H and O–H groups in total. The number of amides is 1. The predicted molar refractivity (Wildman–Crippen MR) is 127 cm³/mol. The van der Waals surface area contributed by atoms with Gasteiger partial charge in [0.1, 0.15) is 0 Å². The lowest BCUT2D eigenvalue weighted by Crippen LogP contribution is -2.42. The van der Waals surface area contributed by atoms with Gasteiger partial charge in [-0.1, -0.05) is 24.3 Å². The first-order valence-electron chi connectivity index (χ1n) is 11.6. The molecular weight excluding hydrogens is 406 g/mol. The van der Waals surface area contributed by atoms with E-state index in [1.54, 1.807) is 0 Å². The number of carbonyl (C=O) groups is 1. The highest BCUT2D eigenvalue weighted by atomic mass is 32.2. The molecule has 3 aliphatic rings. The minimum Gasteiger partial charge on any atom is -0.369 e. The van der Waals surface area contributed by atoms with Crippen molar-refractivity contribution in [3.05, 3.63) is 47.8 Å². The Balaban J connectivity index is 1.15. The zero-order valence-corrected chi connectivity index (χ0v) is 18.8. The molecule has 2 aliphatic heterocycles. The van der Waals surface area contributed by atoms with E-state index in [1.165, 1.54) is 11.1 Å². The van der Waals surface area contributed by atoms with Crippen LogP contribution in [-0.4, -0.2) is 53.6 Å². The zero-order valence-electron chi connectivity index (χ0n) is 18.0. The van der Waals surface area contributed by atoms with Crippen LogP contribution in [0.2, 0.25) is 0 Å². The van der Waals surface area contributed by atoms with Crippen LogP contribution in [0.3, 0.4) is 0 Å². The quantitative estimate of drug-likeness (QED) is 0.791. The van der Waals surface area contributed by atoms with Gasteiger partial charge in [-0.3, -0.25) is 4.79 Å². The van der Waals surface area contributed by atoms with Crippen molar-refractivity contribution in [3.8, 4) is 0 Å². The Bertz CT molecular complexity index is 891. The second-order valence-corrected chi connectivity index (χ2v) is 9.98. The van der Waals surface area contributed by atoms with E-state index in [0.717, 1.165) is 81.4 Å². The van der Waals surface area contributed by atoms with E-state index in [9.17, 15) is 4.79 Å². The van der Waals surface area contributed by atoms with E-state index in [2.05, 4.69) is 49.4 Å². The Kier molecular flexibility index (Phi) is 6.30. The molecular formula is C24H31N5OS. The van der Waals surface area contributed by atoms with Gasteiger partial charge in [0, 0.05) is 43.6 Å².